The molecule has 0 amide bonds. The molecule has 0 heterocycles. The summed E-state index contributed by atoms with van der Waals surface area (Å²) in [7, 11) is -2.47. The first-order valence-corrected chi connectivity index (χ1v) is 7.69. The van der Waals surface area contributed by atoms with Crippen LogP contribution in [0.3, 0.4) is 0 Å². The predicted molar refractivity (Wildman–Crippen MR) is 71.0 cm³/mol. The van der Waals surface area contributed by atoms with Gasteiger partial charge in [0.05, 0.1) is 19.5 Å². The summed E-state index contributed by atoms with van der Waals surface area (Å²) in [4.78, 5) is 11.1. The Bertz CT molecular complexity index is 382. The van der Waals surface area contributed by atoms with Crippen LogP contribution in [-0.4, -0.2) is 45.1 Å². The normalized spacial score (nSPS) is 15.9. The van der Waals surface area contributed by atoms with Crippen LogP contribution >= 0.6 is 0 Å². The molecule has 0 aromatic rings. The van der Waals surface area contributed by atoms with Gasteiger partial charge in [0.2, 0.25) is 0 Å². The SMILES string of the molecule is COC(=O)C(O)C(C)CCS(=O)(=O)OCC(C)(C)C. The van der Waals surface area contributed by atoms with Crippen molar-refractivity contribution < 1.29 is 27.2 Å². The van der Waals surface area contributed by atoms with Crippen molar-refractivity contribution in [3.05, 3.63) is 0 Å². The quantitative estimate of drug-likeness (QED) is 0.555. The van der Waals surface area contributed by atoms with E-state index in [1.165, 1.54) is 7.11 Å². The van der Waals surface area contributed by atoms with Crippen molar-refractivity contribution in [2.75, 3.05) is 19.5 Å². The molecule has 7 heteroatoms. The number of rotatable bonds is 7. The highest BCUT2D eigenvalue weighted by molar-refractivity contribution is 7.86. The molecule has 0 saturated carbocycles. The lowest BCUT2D eigenvalue weighted by Crippen LogP contribution is -2.30. The highest BCUT2D eigenvalue weighted by atomic mass is 32.2. The van der Waals surface area contributed by atoms with E-state index >= 15 is 0 Å². The molecule has 0 radical (unpaired) electrons. The second kappa shape index (κ2) is 7.21. The number of methoxy groups -OCH3 is 1. The third kappa shape index (κ3) is 8.18. The molecule has 2 unspecified atom stereocenters. The van der Waals surface area contributed by atoms with E-state index in [1.54, 1.807) is 6.92 Å². The molecule has 0 aromatic carbocycles. The van der Waals surface area contributed by atoms with E-state index in [0.29, 0.717) is 0 Å². The number of carbonyl (C=O) groups excluding carboxylic acids is 1. The van der Waals surface area contributed by atoms with E-state index in [2.05, 4.69) is 4.74 Å². The topological polar surface area (TPSA) is 89.9 Å². The Kier molecular flexibility index (Phi) is 6.96. The van der Waals surface area contributed by atoms with E-state index in [-0.39, 0.29) is 24.2 Å². The molecule has 0 spiro atoms. The minimum absolute atomic E-state index is 0.100. The highest BCUT2D eigenvalue weighted by Gasteiger charge is 2.25. The second-order valence-electron chi connectivity index (χ2n) is 5.82. The monoisotopic (exact) mass is 296 g/mol. The molecule has 0 fully saturated rings. The summed E-state index contributed by atoms with van der Waals surface area (Å²) in [6, 6.07) is 0. The van der Waals surface area contributed by atoms with Crippen molar-refractivity contribution in [2.24, 2.45) is 11.3 Å². The standard InChI is InChI=1S/C12H24O6S/c1-9(10(13)11(14)17-5)6-7-19(15,16)18-8-12(2,3)4/h9-10,13H,6-8H2,1-5H3. The number of hydrogen-bond acceptors (Lipinski definition) is 6. The first-order chi connectivity index (χ1) is 8.48. The molecule has 0 aliphatic rings. The van der Waals surface area contributed by atoms with Gasteiger partial charge in [0, 0.05) is 0 Å². The molecule has 6 nitrogen and oxygen atoms in total. The molecule has 1 N–H and O–H groups in total. The Morgan fingerprint density at radius 1 is 1.32 bits per heavy atom. The molecule has 0 bridgehead atoms. The van der Waals surface area contributed by atoms with Gasteiger partial charge < -0.3 is 9.84 Å². The van der Waals surface area contributed by atoms with E-state index in [0.717, 1.165) is 0 Å². The lowest BCUT2D eigenvalue weighted by atomic mass is 9.99. The van der Waals surface area contributed by atoms with Gasteiger partial charge in [-0.15, -0.1) is 0 Å². The van der Waals surface area contributed by atoms with Crippen LogP contribution in [0, 0.1) is 11.3 Å². The van der Waals surface area contributed by atoms with Gasteiger partial charge in [-0.1, -0.05) is 27.7 Å². The molecule has 0 aliphatic carbocycles. The largest absolute Gasteiger partial charge is 0.467 e. The maximum atomic E-state index is 11.6. The van der Waals surface area contributed by atoms with Crippen molar-refractivity contribution >= 4 is 16.1 Å². The van der Waals surface area contributed by atoms with Gasteiger partial charge in [0.15, 0.2) is 6.10 Å². The molecular formula is C12H24O6S. The first kappa shape index (κ1) is 18.3. The Morgan fingerprint density at radius 2 is 1.84 bits per heavy atom. The van der Waals surface area contributed by atoms with Crippen molar-refractivity contribution in [3.63, 3.8) is 0 Å². The summed E-state index contributed by atoms with van der Waals surface area (Å²) >= 11 is 0. The Balaban J connectivity index is 4.28. The Labute approximate surface area is 115 Å². The summed E-state index contributed by atoms with van der Waals surface area (Å²) in [5, 5.41) is 9.53. The average molecular weight is 296 g/mol. The van der Waals surface area contributed by atoms with Crippen LogP contribution in [-0.2, 0) is 23.8 Å². The summed E-state index contributed by atoms with van der Waals surface area (Å²) in [6.07, 6.45) is -1.19. The maximum absolute atomic E-state index is 11.6. The maximum Gasteiger partial charge on any atom is 0.334 e. The lowest BCUT2D eigenvalue weighted by Gasteiger charge is -2.19. The molecule has 114 valence electrons. The summed E-state index contributed by atoms with van der Waals surface area (Å²) in [5.41, 5.74) is -0.246. The number of ether oxygens (including phenoxy) is 1. The fourth-order valence-corrected chi connectivity index (χ4v) is 2.48. The van der Waals surface area contributed by atoms with E-state index in [4.69, 9.17) is 4.18 Å². The van der Waals surface area contributed by atoms with E-state index < -0.39 is 28.1 Å². The number of hydrogen-bond donors (Lipinski definition) is 1. The fraction of sp³-hybridized carbons (Fsp3) is 0.917. The molecular weight excluding hydrogens is 272 g/mol. The molecule has 19 heavy (non-hydrogen) atoms. The number of aliphatic hydroxyl groups excluding tert-OH is 1. The number of aliphatic hydroxyl groups is 1. The minimum Gasteiger partial charge on any atom is -0.467 e. The van der Waals surface area contributed by atoms with Crippen molar-refractivity contribution in [3.8, 4) is 0 Å². The van der Waals surface area contributed by atoms with Gasteiger partial charge in [-0.05, 0) is 17.8 Å². The van der Waals surface area contributed by atoms with E-state index in [9.17, 15) is 18.3 Å². The third-order valence-electron chi connectivity index (χ3n) is 2.48. The van der Waals surface area contributed by atoms with Crippen LogP contribution in [0.15, 0.2) is 0 Å². The lowest BCUT2D eigenvalue weighted by molar-refractivity contribution is -0.153. The third-order valence-corrected chi connectivity index (χ3v) is 3.69. The van der Waals surface area contributed by atoms with Crippen LogP contribution in [0.4, 0.5) is 0 Å². The predicted octanol–water partition coefficient (Wildman–Crippen LogP) is 0.939. The summed E-state index contributed by atoms with van der Waals surface area (Å²) < 4.78 is 32.5. The van der Waals surface area contributed by atoms with Crippen LogP contribution in [0.5, 0.6) is 0 Å². The zero-order valence-corrected chi connectivity index (χ0v) is 13.0. The summed E-state index contributed by atoms with van der Waals surface area (Å²) in [5.74, 6) is -1.51. The zero-order valence-electron chi connectivity index (χ0n) is 12.2. The van der Waals surface area contributed by atoms with Gasteiger partial charge in [-0.3, -0.25) is 4.18 Å². The molecule has 0 saturated heterocycles. The molecule has 0 aliphatic heterocycles. The van der Waals surface area contributed by atoms with Gasteiger partial charge in [0.25, 0.3) is 10.1 Å². The first-order valence-electron chi connectivity index (χ1n) is 6.11. The molecule has 0 aromatic heterocycles. The second-order valence-corrected chi connectivity index (χ2v) is 7.58. The van der Waals surface area contributed by atoms with Crippen LogP contribution in [0.1, 0.15) is 34.1 Å². The van der Waals surface area contributed by atoms with E-state index in [1.807, 2.05) is 20.8 Å². The van der Waals surface area contributed by atoms with Crippen LogP contribution in [0.2, 0.25) is 0 Å². The average Bonchev–Trinajstić information content (AvgIpc) is 2.31. The Morgan fingerprint density at radius 3 is 2.26 bits per heavy atom. The Hall–Kier alpha value is -0.660. The van der Waals surface area contributed by atoms with Crippen LogP contribution < -0.4 is 0 Å². The van der Waals surface area contributed by atoms with Gasteiger partial charge in [0.1, 0.15) is 0 Å². The van der Waals surface area contributed by atoms with Crippen molar-refractivity contribution in [2.45, 2.75) is 40.2 Å². The van der Waals surface area contributed by atoms with Gasteiger partial charge in [-0.25, -0.2) is 4.79 Å². The number of esters is 1. The molecule has 2 atom stereocenters. The minimum atomic E-state index is -3.64. The smallest absolute Gasteiger partial charge is 0.334 e. The molecule has 0 rings (SSSR count). The van der Waals surface area contributed by atoms with Crippen molar-refractivity contribution in [1.29, 1.82) is 0 Å². The van der Waals surface area contributed by atoms with Gasteiger partial charge in [-0.2, -0.15) is 8.42 Å². The van der Waals surface area contributed by atoms with Gasteiger partial charge >= 0.3 is 5.97 Å². The fourth-order valence-electron chi connectivity index (χ4n) is 1.17. The van der Waals surface area contributed by atoms with Crippen LogP contribution in [0.25, 0.3) is 0 Å². The highest BCUT2D eigenvalue weighted by Crippen LogP contribution is 2.16. The zero-order chi connectivity index (χ0) is 15.3. The number of carbonyl (C=O) groups is 1. The summed E-state index contributed by atoms with van der Waals surface area (Å²) in [6.45, 7) is 7.29. The van der Waals surface area contributed by atoms with Crippen molar-refractivity contribution in [1.82, 2.24) is 0 Å².